The van der Waals surface area contributed by atoms with Gasteiger partial charge in [-0.05, 0) is 13.5 Å². The zero-order valence-electron chi connectivity index (χ0n) is 11.0. The van der Waals surface area contributed by atoms with E-state index in [0.717, 1.165) is 0 Å². The Morgan fingerprint density at radius 2 is 2.16 bits per heavy atom. The fourth-order valence-corrected chi connectivity index (χ4v) is 2.31. The lowest BCUT2D eigenvalue weighted by atomic mass is 9.94. The van der Waals surface area contributed by atoms with Gasteiger partial charge in [0.2, 0.25) is 5.91 Å². The first-order valence-electron chi connectivity index (χ1n) is 6.22. The second kappa shape index (κ2) is 6.24. The van der Waals surface area contributed by atoms with Gasteiger partial charge in [0.25, 0.3) is 0 Å². The van der Waals surface area contributed by atoms with Gasteiger partial charge in [-0.2, -0.15) is 18.4 Å². The average molecular weight is 277 g/mol. The van der Waals surface area contributed by atoms with E-state index >= 15 is 0 Å². The Labute approximate surface area is 110 Å². The first-order chi connectivity index (χ1) is 8.79. The lowest BCUT2D eigenvalue weighted by Gasteiger charge is -2.23. The number of nitrogens with zero attached hydrogens (tertiary/aromatic N) is 2. The number of rotatable bonds is 4. The van der Waals surface area contributed by atoms with Gasteiger partial charge in [0.15, 0.2) is 0 Å². The van der Waals surface area contributed by atoms with Crippen molar-refractivity contribution >= 4 is 5.91 Å². The van der Waals surface area contributed by atoms with Crippen LogP contribution >= 0.6 is 0 Å². The molecule has 0 saturated carbocycles. The first kappa shape index (κ1) is 15.8. The number of carbonyl (C=O) groups is 1. The van der Waals surface area contributed by atoms with Gasteiger partial charge < -0.3 is 10.2 Å². The molecule has 0 radical (unpaired) electrons. The maximum absolute atomic E-state index is 12.9. The number of nitriles is 1. The topological polar surface area (TPSA) is 56.1 Å². The molecule has 1 rings (SSSR count). The van der Waals surface area contributed by atoms with Crippen molar-refractivity contribution < 1.29 is 18.0 Å². The van der Waals surface area contributed by atoms with Gasteiger partial charge in [0.1, 0.15) is 0 Å². The predicted octanol–water partition coefficient (Wildman–Crippen LogP) is 1.53. The summed E-state index contributed by atoms with van der Waals surface area (Å²) in [6.45, 7) is 1.72. The number of halogens is 3. The fraction of sp³-hybridized carbons (Fsp3) is 0.833. The molecule has 0 aromatic heterocycles. The molecule has 3 unspecified atom stereocenters. The second-order valence-electron chi connectivity index (χ2n) is 4.95. The standard InChI is InChI=1S/C12H18F3N3O/c1-3-8(4-5-16)17-11(19)9-6-18(2)7-10(9)12(13,14)15/h8-10H,3-4,6-7H2,1-2H3,(H,17,19). The molecule has 1 heterocycles. The van der Waals surface area contributed by atoms with Crippen molar-refractivity contribution in [1.29, 1.82) is 5.26 Å². The van der Waals surface area contributed by atoms with Crippen LogP contribution in [0.25, 0.3) is 0 Å². The molecule has 1 fully saturated rings. The molecular formula is C12H18F3N3O. The molecule has 1 saturated heterocycles. The molecule has 0 aliphatic carbocycles. The fourth-order valence-electron chi connectivity index (χ4n) is 2.31. The van der Waals surface area contributed by atoms with Crippen molar-refractivity contribution in [3.05, 3.63) is 0 Å². The maximum atomic E-state index is 12.9. The summed E-state index contributed by atoms with van der Waals surface area (Å²) < 4.78 is 38.6. The van der Waals surface area contributed by atoms with Crippen LogP contribution in [-0.2, 0) is 4.79 Å². The molecule has 1 amide bonds. The molecule has 4 nitrogen and oxygen atoms in total. The van der Waals surface area contributed by atoms with Gasteiger partial charge in [-0.15, -0.1) is 0 Å². The van der Waals surface area contributed by atoms with Gasteiger partial charge in [0.05, 0.1) is 24.3 Å². The van der Waals surface area contributed by atoms with Gasteiger partial charge in [-0.3, -0.25) is 4.79 Å². The van der Waals surface area contributed by atoms with Crippen molar-refractivity contribution in [1.82, 2.24) is 10.2 Å². The number of amides is 1. The third kappa shape index (κ3) is 4.10. The highest BCUT2D eigenvalue weighted by atomic mass is 19.4. The summed E-state index contributed by atoms with van der Waals surface area (Å²) in [5.74, 6) is -3.32. The van der Waals surface area contributed by atoms with Crippen molar-refractivity contribution in [2.75, 3.05) is 20.1 Å². The van der Waals surface area contributed by atoms with Crippen LogP contribution in [0.2, 0.25) is 0 Å². The number of likely N-dealkylation sites (tertiary alicyclic amines) is 1. The molecular weight excluding hydrogens is 259 g/mol. The maximum Gasteiger partial charge on any atom is 0.393 e. The molecule has 1 aliphatic rings. The van der Waals surface area contributed by atoms with Gasteiger partial charge in [0, 0.05) is 19.1 Å². The number of hydrogen-bond acceptors (Lipinski definition) is 3. The molecule has 0 spiro atoms. The molecule has 0 aromatic carbocycles. The van der Waals surface area contributed by atoms with Crippen LogP contribution in [0.4, 0.5) is 13.2 Å². The summed E-state index contributed by atoms with van der Waals surface area (Å²) in [4.78, 5) is 13.5. The summed E-state index contributed by atoms with van der Waals surface area (Å²) in [6, 6.07) is 1.54. The summed E-state index contributed by atoms with van der Waals surface area (Å²) in [5.41, 5.74) is 0. The lowest BCUT2D eigenvalue weighted by molar-refractivity contribution is -0.183. The van der Waals surface area contributed by atoms with E-state index in [0.29, 0.717) is 6.42 Å². The zero-order chi connectivity index (χ0) is 14.6. The second-order valence-corrected chi connectivity index (χ2v) is 4.95. The SMILES string of the molecule is CCC(CC#N)NC(=O)C1CN(C)CC1C(F)(F)F. The Bertz CT molecular complexity index is 364. The minimum atomic E-state index is -4.37. The highest BCUT2D eigenvalue weighted by Crippen LogP contribution is 2.37. The molecule has 108 valence electrons. The van der Waals surface area contributed by atoms with E-state index in [1.54, 1.807) is 14.0 Å². The number of alkyl halides is 3. The van der Waals surface area contributed by atoms with Crippen LogP contribution in [0.15, 0.2) is 0 Å². The molecule has 7 heteroatoms. The molecule has 0 aromatic rings. The normalized spacial score (nSPS) is 25.9. The Morgan fingerprint density at radius 1 is 1.53 bits per heavy atom. The number of carbonyl (C=O) groups excluding carboxylic acids is 1. The van der Waals surface area contributed by atoms with E-state index < -0.39 is 23.9 Å². The number of nitrogens with one attached hydrogen (secondary N) is 1. The molecule has 1 aliphatic heterocycles. The van der Waals surface area contributed by atoms with Crippen LogP contribution in [0.5, 0.6) is 0 Å². The van der Waals surface area contributed by atoms with Crippen LogP contribution in [0, 0.1) is 23.2 Å². The van der Waals surface area contributed by atoms with Crippen molar-refractivity contribution in [3.63, 3.8) is 0 Å². The molecule has 1 N–H and O–H groups in total. The smallest absolute Gasteiger partial charge is 0.352 e. The van der Waals surface area contributed by atoms with Gasteiger partial charge in [-0.25, -0.2) is 0 Å². The third-order valence-electron chi connectivity index (χ3n) is 3.44. The first-order valence-corrected chi connectivity index (χ1v) is 6.22. The van der Waals surface area contributed by atoms with E-state index in [1.807, 2.05) is 6.07 Å². The molecule has 19 heavy (non-hydrogen) atoms. The Morgan fingerprint density at radius 3 is 2.63 bits per heavy atom. The van der Waals surface area contributed by atoms with Gasteiger partial charge in [-0.1, -0.05) is 6.92 Å². The molecule has 0 bridgehead atoms. The van der Waals surface area contributed by atoms with Crippen LogP contribution in [0.1, 0.15) is 19.8 Å². The largest absolute Gasteiger partial charge is 0.393 e. The highest BCUT2D eigenvalue weighted by Gasteiger charge is 2.51. The van der Waals surface area contributed by atoms with E-state index in [-0.39, 0.29) is 25.6 Å². The monoisotopic (exact) mass is 277 g/mol. The van der Waals surface area contributed by atoms with Gasteiger partial charge >= 0.3 is 6.18 Å². The van der Waals surface area contributed by atoms with Crippen LogP contribution in [-0.4, -0.2) is 43.2 Å². The van der Waals surface area contributed by atoms with E-state index in [9.17, 15) is 18.0 Å². The van der Waals surface area contributed by atoms with Crippen molar-refractivity contribution in [2.45, 2.75) is 32.0 Å². The summed E-state index contributed by atoms with van der Waals surface area (Å²) >= 11 is 0. The average Bonchev–Trinajstić information content (AvgIpc) is 2.70. The summed E-state index contributed by atoms with van der Waals surface area (Å²) in [5, 5.41) is 11.1. The molecule has 3 atom stereocenters. The number of hydrogen-bond donors (Lipinski definition) is 1. The van der Waals surface area contributed by atoms with E-state index in [1.165, 1.54) is 4.90 Å². The minimum Gasteiger partial charge on any atom is -0.352 e. The zero-order valence-corrected chi connectivity index (χ0v) is 11.0. The Balaban J connectivity index is 2.72. The van der Waals surface area contributed by atoms with E-state index in [2.05, 4.69) is 5.32 Å². The Kier molecular flexibility index (Phi) is 5.18. The summed E-state index contributed by atoms with van der Waals surface area (Å²) in [6.07, 6.45) is -3.73. The van der Waals surface area contributed by atoms with Crippen molar-refractivity contribution in [2.24, 2.45) is 11.8 Å². The highest BCUT2D eigenvalue weighted by molar-refractivity contribution is 5.80. The van der Waals surface area contributed by atoms with Crippen molar-refractivity contribution in [3.8, 4) is 6.07 Å². The van der Waals surface area contributed by atoms with Crippen LogP contribution in [0.3, 0.4) is 0 Å². The predicted molar refractivity (Wildman–Crippen MR) is 63.0 cm³/mol. The minimum absolute atomic E-state index is 0.0962. The summed E-state index contributed by atoms with van der Waals surface area (Å²) in [7, 11) is 1.57. The third-order valence-corrected chi connectivity index (χ3v) is 3.44. The van der Waals surface area contributed by atoms with Crippen LogP contribution < -0.4 is 5.32 Å². The quantitative estimate of drug-likeness (QED) is 0.848. The lowest BCUT2D eigenvalue weighted by Crippen LogP contribution is -2.44. The van der Waals surface area contributed by atoms with E-state index in [4.69, 9.17) is 5.26 Å². The Hall–Kier alpha value is -1.29.